The molecule has 0 aliphatic carbocycles. The topological polar surface area (TPSA) is 68.3 Å². The molecule has 0 unspecified atom stereocenters. The molecule has 0 bridgehead atoms. The molecule has 28 heavy (non-hydrogen) atoms. The van der Waals surface area contributed by atoms with Gasteiger partial charge in [-0.2, -0.15) is 0 Å². The average Bonchev–Trinajstić information content (AvgIpc) is 2.69. The Labute approximate surface area is 168 Å². The van der Waals surface area contributed by atoms with E-state index in [1.165, 1.54) is 4.90 Å². The first-order valence-electron chi connectivity index (χ1n) is 8.60. The van der Waals surface area contributed by atoms with Crippen molar-refractivity contribution < 1.29 is 23.8 Å². The molecule has 1 aliphatic heterocycles. The van der Waals surface area contributed by atoms with Gasteiger partial charge in [0.1, 0.15) is 12.3 Å². The van der Waals surface area contributed by atoms with Gasteiger partial charge in [0, 0.05) is 18.6 Å². The van der Waals surface area contributed by atoms with Gasteiger partial charge in [0.2, 0.25) is 5.91 Å². The number of methoxy groups -OCH3 is 2. The molecule has 0 saturated heterocycles. The number of rotatable bonds is 6. The van der Waals surface area contributed by atoms with Crippen LogP contribution >= 0.6 is 11.6 Å². The predicted molar refractivity (Wildman–Crippen MR) is 105 cm³/mol. The van der Waals surface area contributed by atoms with E-state index in [0.717, 1.165) is 5.56 Å². The lowest BCUT2D eigenvalue weighted by Gasteiger charge is -2.30. The van der Waals surface area contributed by atoms with E-state index in [1.54, 1.807) is 50.4 Å². The number of carbonyl (C=O) groups is 2. The smallest absolute Gasteiger partial charge is 0.265 e. The molecule has 0 saturated carbocycles. The van der Waals surface area contributed by atoms with Crippen molar-refractivity contribution in [3.8, 4) is 17.2 Å². The van der Waals surface area contributed by atoms with Crippen molar-refractivity contribution in [1.29, 1.82) is 0 Å². The van der Waals surface area contributed by atoms with Gasteiger partial charge in [-0.1, -0.05) is 17.7 Å². The molecular weight excluding hydrogens is 384 g/mol. The summed E-state index contributed by atoms with van der Waals surface area (Å²) in [4.78, 5) is 28.0. The summed E-state index contributed by atoms with van der Waals surface area (Å²) in [6.45, 7) is 0.154. The standard InChI is InChI=1S/C20H21ClN2O5/c1-22(10-13-4-6-17(26-2)18(8-13)27-3)19(24)11-23-15-9-14(21)5-7-16(15)28-12-20(23)25/h4-9H,10-12H2,1-3H3. The third-order valence-electron chi connectivity index (χ3n) is 4.45. The monoisotopic (exact) mass is 404 g/mol. The minimum absolute atomic E-state index is 0.0979. The molecule has 8 heteroatoms. The van der Waals surface area contributed by atoms with Crippen molar-refractivity contribution in [2.24, 2.45) is 0 Å². The molecule has 0 radical (unpaired) electrons. The first-order valence-corrected chi connectivity index (χ1v) is 8.98. The van der Waals surface area contributed by atoms with Crippen LogP contribution in [0.15, 0.2) is 36.4 Å². The third-order valence-corrected chi connectivity index (χ3v) is 4.69. The number of fused-ring (bicyclic) bond motifs is 1. The van der Waals surface area contributed by atoms with Gasteiger partial charge in [-0.05, 0) is 35.9 Å². The Bertz CT molecular complexity index is 902. The van der Waals surface area contributed by atoms with Crippen molar-refractivity contribution in [3.05, 3.63) is 47.0 Å². The summed E-state index contributed by atoms with van der Waals surface area (Å²) in [6.07, 6.45) is 0. The molecule has 2 amide bonds. The second-order valence-electron chi connectivity index (χ2n) is 6.32. The number of amides is 2. The quantitative estimate of drug-likeness (QED) is 0.740. The van der Waals surface area contributed by atoms with E-state index < -0.39 is 0 Å². The number of hydrogen-bond acceptors (Lipinski definition) is 5. The lowest BCUT2D eigenvalue weighted by atomic mass is 10.2. The van der Waals surface area contributed by atoms with Crippen LogP contribution in [0.1, 0.15) is 5.56 Å². The predicted octanol–water partition coefficient (Wildman–Crippen LogP) is 2.74. The number of nitrogens with zero attached hydrogens (tertiary/aromatic N) is 2. The maximum Gasteiger partial charge on any atom is 0.265 e. The number of hydrogen-bond donors (Lipinski definition) is 0. The van der Waals surface area contributed by atoms with E-state index in [2.05, 4.69) is 0 Å². The molecular formula is C20H21ClN2O5. The minimum Gasteiger partial charge on any atom is -0.493 e. The van der Waals surface area contributed by atoms with Gasteiger partial charge in [-0.15, -0.1) is 0 Å². The molecule has 2 aromatic rings. The number of carbonyl (C=O) groups excluding carboxylic acids is 2. The zero-order chi connectivity index (χ0) is 20.3. The summed E-state index contributed by atoms with van der Waals surface area (Å²) in [5.74, 6) is 1.23. The molecule has 0 aromatic heterocycles. The van der Waals surface area contributed by atoms with E-state index in [0.29, 0.717) is 34.5 Å². The number of likely N-dealkylation sites (N-methyl/N-ethyl adjacent to an activating group) is 1. The Hall–Kier alpha value is -2.93. The summed E-state index contributed by atoms with van der Waals surface area (Å²) >= 11 is 6.04. The Morgan fingerprint density at radius 2 is 1.93 bits per heavy atom. The summed E-state index contributed by atoms with van der Waals surface area (Å²) < 4.78 is 15.9. The molecule has 3 rings (SSSR count). The molecule has 0 N–H and O–H groups in total. The van der Waals surface area contributed by atoms with Crippen LogP contribution in [0.2, 0.25) is 5.02 Å². The fraction of sp³-hybridized carbons (Fsp3) is 0.300. The average molecular weight is 405 g/mol. The highest BCUT2D eigenvalue weighted by Crippen LogP contribution is 2.34. The largest absolute Gasteiger partial charge is 0.493 e. The molecule has 0 atom stereocenters. The second-order valence-corrected chi connectivity index (χ2v) is 6.76. The molecule has 0 fully saturated rings. The highest BCUT2D eigenvalue weighted by Gasteiger charge is 2.28. The summed E-state index contributed by atoms with van der Waals surface area (Å²) in [7, 11) is 4.81. The van der Waals surface area contributed by atoms with Crippen LogP contribution in [0, 0.1) is 0 Å². The molecule has 1 heterocycles. The van der Waals surface area contributed by atoms with Gasteiger partial charge in [0.05, 0.1) is 19.9 Å². The number of ether oxygens (including phenoxy) is 3. The van der Waals surface area contributed by atoms with Crippen molar-refractivity contribution in [2.45, 2.75) is 6.54 Å². The van der Waals surface area contributed by atoms with Gasteiger partial charge < -0.3 is 19.1 Å². The van der Waals surface area contributed by atoms with E-state index in [-0.39, 0.29) is 25.0 Å². The third kappa shape index (κ3) is 4.14. The first kappa shape index (κ1) is 19.8. The normalized spacial score (nSPS) is 12.9. The van der Waals surface area contributed by atoms with Crippen molar-refractivity contribution >= 4 is 29.1 Å². The Morgan fingerprint density at radius 1 is 1.18 bits per heavy atom. The Balaban J connectivity index is 1.73. The van der Waals surface area contributed by atoms with E-state index in [4.69, 9.17) is 25.8 Å². The summed E-state index contributed by atoms with van der Waals surface area (Å²) in [5, 5.41) is 0.466. The zero-order valence-electron chi connectivity index (χ0n) is 15.9. The lowest BCUT2D eigenvalue weighted by Crippen LogP contribution is -2.45. The molecule has 7 nitrogen and oxygen atoms in total. The van der Waals surface area contributed by atoms with Gasteiger partial charge >= 0.3 is 0 Å². The van der Waals surface area contributed by atoms with Crippen LogP contribution in [0.5, 0.6) is 17.2 Å². The van der Waals surface area contributed by atoms with E-state index in [1.807, 2.05) is 12.1 Å². The molecule has 148 valence electrons. The Morgan fingerprint density at radius 3 is 2.64 bits per heavy atom. The van der Waals surface area contributed by atoms with Gasteiger partial charge in [-0.3, -0.25) is 14.5 Å². The van der Waals surface area contributed by atoms with E-state index in [9.17, 15) is 9.59 Å². The Kier molecular flexibility index (Phi) is 5.94. The number of benzene rings is 2. The van der Waals surface area contributed by atoms with Crippen LogP contribution in [-0.2, 0) is 16.1 Å². The minimum atomic E-state index is -0.289. The van der Waals surface area contributed by atoms with Gasteiger partial charge in [-0.25, -0.2) is 0 Å². The van der Waals surface area contributed by atoms with Crippen molar-refractivity contribution in [3.63, 3.8) is 0 Å². The number of halogens is 1. The zero-order valence-corrected chi connectivity index (χ0v) is 16.7. The summed E-state index contributed by atoms with van der Waals surface area (Å²) in [6, 6.07) is 10.5. The fourth-order valence-corrected chi connectivity index (χ4v) is 3.11. The van der Waals surface area contributed by atoms with Crippen LogP contribution < -0.4 is 19.1 Å². The van der Waals surface area contributed by atoms with Crippen LogP contribution in [0.4, 0.5) is 5.69 Å². The van der Waals surface area contributed by atoms with Crippen molar-refractivity contribution in [2.75, 3.05) is 39.3 Å². The summed E-state index contributed by atoms with van der Waals surface area (Å²) in [5.41, 5.74) is 1.38. The molecule has 2 aromatic carbocycles. The SMILES string of the molecule is COc1ccc(CN(C)C(=O)CN2C(=O)COc3ccc(Cl)cc32)cc1OC. The van der Waals surface area contributed by atoms with Crippen LogP contribution in [0.3, 0.4) is 0 Å². The maximum atomic E-state index is 12.7. The lowest BCUT2D eigenvalue weighted by molar-refractivity contribution is -0.131. The molecule has 1 aliphatic rings. The first-order chi connectivity index (χ1) is 13.4. The van der Waals surface area contributed by atoms with E-state index >= 15 is 0 Å². The van der Waals surface area contributed by atoms with Gasteiger partial charge in [0.25, 0.3) is 5.91 Å². The van der Waals surface area contributed by atoms with Gasteiger partial charge in [0.15, 0.2) is 18.1 Å². The van der Waals surface area contributed by atoms with Crippen LogP contribution in [-0.4, -0.2) is 51.1 Å². The fourth-order valence-electron chi connectivity index (χ4n) is 2.95. The highest BCUT2D eigenvalue weighted by molar-refractivity contribution is 6.31. The highest BCUT2D eigenvalue weighted by atomic mass is 35.5. The van der Waals surface area contributed by atoms with Crippen molar-refractivity contribution in [1.82, 2.24) is 4.90 Å². The maximum absolute atomic E-state index is 12.7. The second kappa shape index (κ2) is 8.39. The van der Waals surface area contributed by atoms with Crippen LogP contribution in [0.25, 0.3) is 0 Å². The molecule has 0 spiro atoms. The number of anilines is 1.